The lowest BCUT2D eigenvalue weighted by Crippen LogP contribution is -2.50. The first-order valence-corrected chi connectivity index (χ1v) is 15.4. The lowest BCUT2D eigenvalue weighted by atomic mass is 10.1. The zero-order chi connectivity index (χ0) is 27.1. The van der Waals surface area contributed by atoms with Gasteiger partial charge in [0, 0.05) is 0 Å². The zero-order valence-electron chi connectivity index (χ0n) is 22.5. The van der Waals surface area contributed by atoms with Gasteiger partial charge in [0.2, 0.25) is 5.91 Å². The van der Waals surface area contributed by atoms with Gasteiger partial charge in [0.05, 0.1) is 17.9 Å². The molecule has 0 fully saturated rings. The molecule has 0 heterocycles. The highest BCUT2D eigenvalue weighted by molar-refractivity contribution is 7.85. The molecule has 0 spiro atoms. The van der Waals surface area contributed by atoms with Crippen molar-refractivity contribution in [2.45, 2.75) is 128 Å². The maximum absolute atomic E-state index is 12.4. The average Bonchev–Trinajstić information content (AvgIpc) is 2.82. The van der Waals surface area contributed by atoms with Crippen LogP contribution in [0.3, 0.4) is 0 Å². The van der Waals surface area contributed by atoms with Gasteiger partial charge in [0.1, 0.15) is 6.10 Å². The topological polar surface area (TPSA) is 124 Å². The predicted molar refractivity (Wildman–Crippen MR) is 148 cm³/mol. The second kappa shape index (κ2) is 22.7. The van der Waals surface area contributed by atoms with Gasteiger partial charge < -0.3 is 15.5 Å². The minimum atomic E-state index is -4.43. The Morgan fingerprint density at radius 2 is 1.31 bits per heavy atom. The van der Waals surface area contributed by atoms with Crippen LogP contribution in [-0.2, 0) is 14.9 Å². The lowest BCUT2D eigenvalue weighted by molar-refractivity contribution is -0.130. The van der Waals surface area contributed by atoms with Crippen LogP contribution in [0.5, 0.6) is 0 Å². The second-order valence-corrected chi connectivity index (χ2v) is 10.9. The normalized spacial score (nSPS) is 15.1. The standard InChI is InChI=1S/C28H51NO6S/c1-3-5-7-9-11-12-13-14-15-17-19-21-23-27(31)28(32)29-25(24-36(33,34)35)26(30)22-20-18-16-10-8-6-4-2/h8,10,14-15,20,22,25-27,30-31H,3-7,9,11-13,16-19,21,23-24H2,1-2H3,(H,29,32)(H,33,34,35)/b10-8+,15-14-,22-20+. The first-order valence-electron chi connectivity index (χ1n) is 13.8. The predicted octanol–water partition coefficient (Wildman–Crippen LogP) is 5.64. The molecule has 0 rings (SSSR count). The summed E-state index contributed by atoms with van der Waals surface area (Å²) in [5, 5.41) is 22.9. The summed E-state index contributed by atoms with van der Waals surface area (Å²) in [6.45, 7) is 4.31. The molecule has 3 atom stereocenters. The van der Waals surface area contributed by atoms with Crippen molar-refractivity contribution in [1.82, 2.24) is 5.32 Å². The fourth-order valence-electron chi connectivity index (χ4n) is 3.71. The van der Waals surface area contributed by atoms with Gasteiger partial charge in [-0.2, -0.15) is 8.42 Å². The summed E-state index contributed by atoms with van der Waals surface area (Å²) in [7, 11) is -4.43. The third kappa shape index (κ3) is 21.8. The molecule has 7 nitrogen and oxygen atoms in total. The molecule has 1 amide bonds. The van der Waals surface area contributed by atoms with Crippen molar-refractivity contribution in [3.8, 4) is 0 Å². The molecule has 0 aromatic rings. The molecule has 36 heavy (non-hydrogen) atoms. The number of hydrogen-bond acceptors (Lipinski definition) is 5. The second-order valence-electron chi connectivity index (χ2n) is 9.45. The van der Waals surface area contributed by atoms with Gasteiger partial charge in [-0.3, -0.25) is 9.35 Å². The Balaban J connectivity index is 4.35. The number of carbonyl (C=O) groups excluding carboxylic acids is 1. The number of unbranched alkanes of at least 4 members (excludes halogenated alkanes) is 10. The van der Waals surface area contributed by atoms with E-state index in [1.807, 2.05) is 6.08 Å². The molecule has 0 aliphatic carbocycles. The van der Waals surface area contributed by atoms with Crippen molar-refractivity contribution in [3.63, 3.8) is 0 Å². The Labute approximate surface area is 219 Å². The zero-order valence-corrected chi connectivity index (χ0v) is 23.3. The monoisotopic (exact) mass is 529 g/mol. The van der Waals surface area contributed by atoms with Crippen molar-refractivity contribution in [3.05, 3.63) is 36.5 Å². The molecule has 0 saturated heterocycles. The molecular formula is C28H51NO6S. The van der Waals surface area contributed by atoms with Gasteiger partial charge in [-0.15, -0.1) is 0 Å². The number of allylic oxidation sites excluding steroid dienone is 5. The molecule has 8 heteroatoms. The summed E-state index contributed by atoms with van der Waals surface area (Å²) in [5.74, 6) is -1.59. The first-order chi connectivity index (χ1) is 17.2. The Morgan fingerprint density at radius 1 is 0.750 bits per heavy atom. The van der Waals surface area contributed by atoms with Crippen molar-refractivity contribution in [2.75, 3.05) is 5.75 Å². The van der Waals surface area contributed by atoms with Crippen LogP contribution >= 0.6 is 0 Å². The van der Waals surface area contributed by atoms with Crippen LogP contribution in [0.4, 0.5) is 0 Å². The SMILES string of the molecule is CCC/C=C/CC/C=C/C(O)C(CS(=O)(=O)O)NC(=O)C(O)CCCC/C=C\CCCCCCCC. The van der Waals surface area contributed by atoms with Gasteiger partial charge in [-0.25, -0.2) is 0 Å². The molecular weight excluding hydrogens is 478 g/mol. The average molecular weight is 530 g/mol. The molecule has 0 bridgehead atoms. The summed E-state index contributed by atoms with van der Waals surface area (Å²) >= 11 is 0. The van der Waals surface area contributed by atoms with Crippen LogP contribution in [0.2, 0.25) is 0 Å². The Morgan fingerprint density at radius 3 is 1.94 bits per heavy atom. The van der Waals surface area contributed by atoms with E-state index < -0.39 is 40.0 Å². The molecule has 0 aromatic heterocycles. The summed E-state index contributed by atoms with van der Waals surface area (Å²) in [5.41, 5.74) is 0. The van der Waals surface area contributed by atoms with Crippen molar-refractivity contribution >= 4 is 16.0 Å². The minimum absolute atomic E-state index is 0.242. The van der Waals surface area contributed by atoms with E-state index in [0.717, 1.165) is 38.5 Å². The third-order valence-electron chi connectivity index (χ3n) is 5.88. The van der Waals surface area contributed by atoms with E-state index >= 15 is 0 Å². The van der Waals surface area contributed by atoms with E-state index in [4.69, 9.17) is 0 Å². The molecule has 4 N–H and O–H groups in total. The van der Waals surface area contributed by atoms with Crippen LogP contribution in [0.1, 0.15) is 110 Å². The van der Waals surface area contributed by atoms with Crippen LogP contribution in [0, 0.1) is 0 Å². The van der Waals surface area contributed by atoms with Gasteiger partial charge >= 0.3 is 0 Å². The van der Waals surface area contributed by atoms with Gasteiger partial charge in [0.15, 0.2) is 0 Å². The fourth-order valence-corrected chi connectivity index (χ4v) is 4.44. The highest BCUT2D eigenvalue weighted by Gasteiger charge is 2.27. The van der Waals surface area contributed by atoms with Crippen molar-refractivity contribution in [2.24, 2.45) is 0 Å². The first kappa shape index (κ1) is 34.5. The fraction of sp³-hybridized carbons (Fsp3) is 0.750. The molecule has 0 radical (unpaired) electrons. The van der Waals surface area contributed by atoms with Gasteiger partial charge in [-0.05, 0) is 51.4 Å². The highest BCUT2D eigenvalue weighted by Crippen LogP contribution is 2.10. The number of aliphatic hydroxyl groups is 2. The maximum atomic E-state index is 12.4. The number of aliphatic hydroxyl groups excluding tert-OH is 2. The lowest BCUT2D eigenvalue weighted by Gasteiger charge is -2.22. The molecule has 0 aromatic carbocycles. The number of carbonyl (C=O) groups is 1. The molecule has 210 valence electrons. The maximum Gasteiger partial charge on any atom is 0.267 e. The number of hydrogen-bond donors (Lipinski definition) is 4. The van der Waals surface area contributed by atoms with E-state index in [1.54, 1.807) is 6.08 Å². The summed E-state index contributed by atoms with van der Waals surface area (Å²) < 4.78 is 31.9. The van der Waals surface area contributed by atoms with E-state index in [0.29, 0.717) is 12.8 Å². The largest absolute Gasteiger partial charge is 0.387 e. The summed E-state index contributed by atoms with van der Waals surface area (Å²) in [4.78, 5) is 12.4. The van der Waals surface area contributed by atoms with Crippen LogP contribution < -0.4 is 5.32 Å². The number of rotatable bonds is 23. The van der Waals surface area contributed by atoms with Gasteiger partial charge in [-0.1, -0.05) is 95.2 Å². The molecule has 0 saturated carbocycles. The minimum Gasteiger partial charge on any atom is -0.387 e. The molecule has 3 unspecified atom stereocenters. The molecule has 0 aliphatic heterocycles. The number of amides is 1. The highest BCUT2D eigenvalue weighted by atomic mass is 32.2. The van der Waals surface area contributed by atoms with Gasteiger partial charge in [0.25, 0.3) is 10.1 Å². The Bertz CT molecular complexity index is 732. The van der Waals surface area contributed by atoms with Crippen molar-refractivity contribution < 1.29 is 28.0 Å². The Kier molecular flexibility index (Phi) is 21.8. The smallest absolute Gasteiger partial charge is 0.267 e. The van der Waals surface area contributed by atoms with Crippen molar-refractivity contribution in [1.29, 1.82) is 0 Å². The van der Waals surface area contributed by atoms with E-state index in [-0.39, 0.29) is 6.42 Å². The summed E-state index contributed by atoms with van der Waals surface area (Å²) in [6.07, 6.45) is 23.8. The van der Waals surface area contributed by atoms with Crippen LogP contribution in [-0.4, -0.2) is 53.1 Å². The van der Waals surface area contributed by atoms with E-state index in [9.17, 15) is 28.0 Å². The van der Waals surface area contributed by atoms with E-state index in [2.05, 4.69) is 37.4 Å². The quantitative estimate of drug-likeness (QED) is 0.0771. The van der Waals surface area contributed by atoms with Crippen LogP contribution in [0.25, 0.3) is 0 Å². The molecule has 0 aliphatic rings. The Hall–Kier alpha value is -1.48. The van der Waals surface area contributed by atoms with E-state index in [1.165, 1.54) is 44.6 Å². The van der Waals surface area contributed by atoms with Crippen LogP contribution in [0.15, 0.2) is 36.5 Å². The summed E-state index contributed by atoms with van der Waals surface area (Å²) in [6, 6.07) is -1.25. The number of nitrogens with one attached hydrogen (secondary N) is 1. The third-order valence-corrected chi connectivity index (χ3v) is 6.66.